The second kappa shape index (κ2) is 6.66. The van der Waals surface area contributed by atoms with Gasteiger partial charge in [-0.25, -0.2) is 4.39 Å². The normalized spacial score (nSPS) is 24.6. The second-order valence-corrected chi connectivity index (χ2v) is 5.54. The van der Waals surface area contributed by atoms with Crippen LogP contribution in [0.15, 0.2) is 18.2 Å². The molecule has 5 heteroatoms. The van der Waals surface area contributed by atoms with Crippen molar-refractivity contribution in [1.29, 1.82) is 0 Å². The molecule has 1 fully saturated rings. The summed E-state index contributed by atoms with van der Waals surface area (Å²) in [5.74, 6) is -0.0674. The minimum absolute atomic E-state index is 0.160. The van der Waals surface area contributed by atoms with E-state index >= 15 is 0 Å². The summed E-state index contributed by atoms with van der Waals surface area (Å²) in [5.41, 5.74) is 6.25. The SMILES string of the molecule is NCC(NC1CCCC1CO)c1cc(Cl)ccc1F. The zero-order chi connectivity index (χ0) is 13.8. The van der Waals surface area contributed by atoms with Crippen LogP contribution in [0.3, 0.4) is 0 Å². The molecule has 1 aromatic rings. The lowest BCUT2D eigenvalue weighted by Crippen LogP contribution is -2.40. The lowest BCUT2D eigenvalue weighted by Gasteiger charge is -2.26. The highest BCUT2D eigenvalue weighted by Gasteiger charge is 2.29. The smallest absolute Gasteiger partial charge is 0.128 e. The van der Waals surface area contributed by atoms with E-state index in [9.17, 15) is 9.50 Å². The molecule has 4 N–H and O–H groups in total. The molecule has 0 radical (unpaired) electrons. The first-order chi connectivity index (χ1) is 9.15. The first-order valence-electron chi connectivity index (χ1n) is 6.67. The van der Waals surface area contributed by atoms with Crippen LogP contribution in [0.25, 0.3) is 0 Å². The third-order valence-electron chi connectivity index (χ3n) is 3.88. The quantitative estimate of drug-likeness (QED) is 0.778. The highest BCUT2D eigenvalue weighted by molar-refractivity contribution is 6.30. The van der Waals surface area contributed by atoms with Crippen LogP contribution < -0.4 is 11.1 Å². The molecule has 1 aliphatic rings. The van der Waals surface area contributed by atoms with E-state index in [1.807, 2.05) is 0 Å². The zero-order valence-electron chi connectivity index (χ0n) is 10.8. The fraction of sp³-hybridized carbons (Fsp3) is 0.571. The minimum atomic E-state index is -0.300. The predicted molar refractivity (Wildman–Crippen MR) is 74.6 cm³/mol. The van der Waals surface area contributed by atoms with Gasteiger partial charge in [-0.15, -0.1) is 0 Å². The Bertz CT molecular complexity index is 430. The number of rotatable bonds is 5. The van der Waals surface area contributed by atoms with E-state index in [4.69, 9.17) is 17.3 Å². The summed E-state index contributed by atoms with van der Waals surface area (Å²) in [5, 5.41) is 13.2. The van der Waals surface area contributed by atoms with Crippen LogP contribution in [0.1, 0.15) is 30.9 Å². The van der Waals surface area contributed by atoms with Crippen molar-refractivity contribution < 1.29 is 9.50 Å². The molecule has 19 heavy (non-hydrogen) atoms. The van der Waals surface area contributed by atoms with Gasteiger partial charge in [-0.1, -0.05) is 18.0 Å². The molecule has 1 aromatic carbocycles. The first kappa shape index (κ1) is 14.7. The predicted octanol–water partition coefficient (Wildman–Crippen LogP) is 2.23. The minimum Gasteiger partial charge on any atom is -0.396 e. The van der Waals surface area contributed by atoms with Gasteiger partial charge in [0.05, 0.1) is 0 Å². The lowest BCUT2D eigenvalue weighted by atomic mass is 10.0. The van der Waals surface area contributed by atoms with E-state index in [2.05, 4.69) is 5.32 Å². The largest absolute Gasteiger partial charge is 0.396 e. The van der Waals surface area contributed by atoms with Crippen molar-refractivity contribution in [3.63, 3.8) is 0 Å². The van der Waals surface area contributed by atoms with Crippen molar-refractivity contribution in [2.24, 2.45) is 11.7 Å². The van der Waals surface area contributed by atoms with Gasteiger partial charge in [0.15, 0.2) is 0 Å². The summed E-state index contributed by atoms with van der Waals surface area (Å²) < 4.78 is 13.9. The Hall–Kier alpha value is -0.680. The van der Waals surface area contributed by atoms with Crippen LogP contribution in [0.2, 0.25) is 5.02 Å². The summed E-state index contributed by atoms with van der Waals surface area (Å²) in [6, 6.07) is 4.43. The van der Waals surface area contributed by atoms with Crippen molar-refractivity contribution in [3.05, 3.63) is 34.6 Å². The fourth-order valence-electron chi connectivity index (χ4n) is 2.80. The molecule has 3 nitrogen and oxygen atoms in total. The Morgan fingerprint density at radius 2 is 2.26 bits per heavy atom. The van der Waals surface area contributed by atoms with Gasteiger partial charge in [0.25, 0.3) is 0 Å². The number of aliphatic hydroxyl groups is 1. The van der Waals surface area contributed by atoms with Crippen LogP contribution in [0.5, 0.6) is 0 Å². The molecule has 1 aliphatic carbocycles. The van der Waals surface area contributed by atoms with Gasteiger partial charge >= 0.3 is 0 Å². The van der Waals surface area contributed by atoms with Crippen LogP contribution in [-0.2, 0) is 0 Å². The number of hydrogen-bond acceptors (Lipinski definition) is 3. The molecule has 0 bridgehead atoms. The molecule has 1 saturated carbocycles. The maximum absolute atomic E-state index is 13.9. The molecular formula is C14H20ClFN2O. The van der Waals surface area contributed by atoms with Crippen LogP contribution in [-0.4, -0.2) is 24.3 Å². The number of nitrogens with one attached hydrogen (secondary N) is 1. The molecule has 2 rings (SSSR count). The van der Waals surface area contributed by atoms with Gasteiger partial charge in [-0.2, -0.15) is 0 Å². The van der Waals surface area contributed by atoms with E-state index in [-0.39, 0.29) is 30.4 Å². The molecule has 0 saturated heterocycles. The van der Waals surface area contributed by atoms with Crippen molar-refractivity contribution in [2.45, 2.75) is 31.3 Å². The molecular weight excluding hydrogens is 267 g/mol. The Morgan fingerprint density at radius 3 is 2.95 bits per heavy atom. The van der Waals surface area contributed by atoms with Gasteiger partial charge in [-0.05, 0) is 37.0 Å². The summed E-state index contributed by atoms with van der Waals surface area (Å²) in [6.45, 7) is 0.457. The van der Waals surface area contributed by atoms with Crippen LogP contribution >= 0.6 is 11.6 Å². The average Bonchev–Trinajstić information content (AvgIpc) is 2.86. The molecule has 3 unspecified atom stereocenters. The third kappa shape index (κ3) is 3.45. The number of nitrogens with two attached hydrogens (primary N) is 1. The molecule has 106 valence electrons. The number of hydrogen-bond donors (Lipinski definition) is 3. The third-order valence-corrected chi connectivity index (χ3v) is 4.11. The molecule has 0 heterocycles. The van der Waals surface area contributed by atoms with Crippen molar-refractivity contribution in [1.82, 2.24) is 5.32 Å². The highest BCUT2D eigenvalue weighted by atomic mass is 35.5. The van der Waals surface area contributed by atoms with E-state index in [0.717, 1.165) is 19.3 Å². The highest BCUT2D eigenvalue weighted by Crippen LogP contribution is 2.28. The topological polar surface area (TPSA) is 58.3 Å². The monoisotopic (exact) mass is 286 g/mol. The van der Waals surface area contributed by atoms with E-state index < -0.39 is 0 Å². The second-order valence-electron chi connectivity index (χ2n) is 5.10. The summed E-state index contributed by atoms with van der Waals surface area (Å²) in [7, 11) is 0. The molecule has 0 amide bonds. The van der Waals surface area contributed by atoms with Gasteiger partial charge in [0.1, 0.15) is 5.82 Å². The summed E-state index contributed by atoms with van der Waals surface area (Å²) in [4.78, 5) is 0. The van der Waals surface area contributed by atoms with Crippen molar-refractivity contribution in [3.8, 4) is 0 Å². The van der Waals surface area contributed by atoms with E-state index in [1.54, 1.807) is 6.07 Å². The van der Waals surface area contributed by atoms with Crippen molar-refractivity contribution in [2.75, 3.05) is 13.2 Å². The Labute approximate surface area is 117 Å². The molecule has 3 atom stereocenters. The lowest BCUT2D eigenvalue weighted by molar-refractivity contribution is 0.199. The average molecular weight is 287 g/mol. The Morgan fingerprint density at radius 1 is 1.47 bits per heavy atom. The summed E-state index contributed by atoms with van der Waals surface area (Å²) >= 11 is 5.92. The Kier molecular flexibility index (Phi) is 5.16. The fourth-order valence-corrected chi connectivity index (χ4v) is 2.98. The van der Waals surface area contributed by atoms with Crippen molar-refractivity contribution >= 4 is 11.6 Å². The van der Waals surface area contributed by atoms with Gasteiger partial charge < -0.3 is 16.2 Å². The maximum atomic E-state index is 13.9. The Balaban J connectivity index is 2.13. The van der Waals surface area contributed by atoms with Crippen LogP contribution in [0.4, 0.5) is 4.39 Å². The molecule has 0 aliphatic heterocycles. The number of aliphatic hydroxyl groups excluding tert-OH is 1. The number of halogens is 2. The first-order valence-corrected chi connectivity index (χ1v) is 7.05. The molecule has 0 spiro atoms. The van der Waals surface area contributed by atoms with Crippen LogP contribution in [0, 0.1) is 11.7 Å². The molecule has 0 aromatic heterocycles. The van der Waals surface area contributed by atoms with Gasteiger partial charge in [-0.3, -0.25) is 0 Å². The zero-order valence-corrected chi connectivity index (χ0v) is 11.5. The van der Waals surface area contributed by atoms with Gasteiger partial charge in [0, 0.05) is 35.8 Å². The van der Waals surface area contributed by atoms with Gasteiger partial charge in [0.2, 0.25) is 0 Å². The maximum Gasteiger partial charge on any atom is 0.128 e. The van der Waals surface area contributed by atoms with E-state index in [1.165, 1.54) is 12.1 Å². The van der Waals surface area contributed by atoms with E-state index in [0.29, 0.717) is 17.1 Å². The standard InChI is InChI=1S/C14H20ClFN2O/c15-10-4-5-12(16)11(6-10)14(7-17)18-13-3-1-2-9(13)8-19/h4-6,9,13-14,18-19H,1-3,7-8,17H2. The number of benzene rings is 1. The summed E-state index contributed by atoms with van der Waals surface area (Å²) in [6.07, 6.45) is 3.08.